The molecular weight excluding hydrogens is 278 g/mol. The maximum Gasteiger partial charge on any atom is 0.251 e. The molecule has 0 bridgehead atoms. The monoisotopic (exact) mass is 293 g/mol. The van der Waals surface area contributed by atoms with Crippen LogP contribution in [0.1, 0.15) is 29.1 Å². The fourth-order valence-corrected chi connectivity index (χ4v) is 2.14. The number of carbonyl (C=O) groups excluding carboxylic acids is 1. The third-order valence-corrected chi connectivity index (χ3v) is 3.21. The van der Waals surface area contributed by atoms with Crippen molar-refractivity contribution in [3.05, 3.63) is 72.4 Å². The molecule has 0 radical (unpaired) electrons. The molecule has 0 aliphatic heterocycles. The van der Waals surface area contributed by atoms with Gasteiger partial charge < -0.3 is 5.32 Å². The smallest absolute Gasteiger partial charge is 0.251 e. The van der Waals surface area contributed by atoms with Crippen LogP contribution in [0.15, 0.2) is 61.1 Å². The topological polar surface area (TPSA) is 72.7 Å². The molecule has 0 saturated heterocycles. The van der Waals surface area contributed by atoms with E-state index in [1.807, 2.05) is 43.3 Å². The van der Waals surface area contributed by atoms with Gasteiger partial charge in [0.25, 0.3) is 5.91 Å². The van der Waals surface area contributed by atoms with E-state index in [1.165, 1.54) is 6.33 Å². The molecule has 22 heavy (non-hydrogen) atoms. The van der Waals surface area contributed by atoms with Crippen LogP contribution in [0.5, 0.6) is 0 Å². The van der Waals surface area contributed by atoms with E-state index in [9.17, 15) is 4.79 Å². The number of carbonyl (C=O) groups is 1. The van der Waals surface area contributed by atoms with Crippen LogP contribution in [0.3, 0.4) is 0 Å². The summed E-state index contributed by atoms with van der Waals surface area (Å²) < 4.78 is 1.62. The van der Waals surface area contributed by atoms with Gasteiger partial charge in [-0.2, -0.15) is 9.78 Å². The number of nitrogens with one attached hydrogen (secondary N) is 1. The molecule has 2 aromatic heterocycles. The predicted molar refractivity (Wildman–Crippen MR) is 81.5 cm³/mol. The second-order valence-corrected chi connectivity index (χ2v) is 4.78. The number of hydrogen-bond donors (Lipinski definition) is 1. The number of rotatable bonds is 4. The fraction of sp³-hybridized carbons (Fsp3) is 0.125. The van der Waals surface area contributed by atoms with Crippen molar-refractivity contribution in [3.8, 4) is 5.82 Å². The van der Waals surface area contributed by atoms with Gasteiger partial charge in [-0.15, -0.1) is 0 Å². The Morgan fingerprint density at radius 1 is 1.09 bits per heavy atom. The predicted octanol–water partition coefficient (Wildman–Crippen LogP) is 2.15. The van der Waals surface area contributed by atoms with Crippen molar-refractivity contribution in [2.24, 2.45) is 0 Å². The summed E-state index contributed by atoms with van der Waals surface area (Å²) in [5.74, 6) is 1.14. The summed E-state index contributed by atoms with van der Waals surface area (Å²) in [5.41, 5.74) is 0.609. The first-order chi connectivity index (χ1) is 10.8. The lowest BCUT2D eigenvalue weighted by molar-refractivity contribution is 0.0938. The highest BCUT2D eigenvalue weighted by Crippen LogP contribution is 2.13. The third-order valence-electron chi connectivity index (χ3n) is 3.21. The molecule has 1 N–H and O–H groups in total. The van der Waals surface area contributed by atoms with Gasteiger partial charge in [0.2, 0.25) is 0 Å². The molecule has 0 fully saturated rings. The molecule has 1 unspecified atom stereocenters. The summed E-state index contributed by atoms with van der Waals surface area (Å²) in [5, 5.41) is 7.10. The van der Waals surface area contributed by atoms with E-state index in [2.05, 4.69) is 20.4 Å². The van der Waals surface area contributed by atoms with E-state index in [-0.39, 0.29) is 11.9 Å². The summed E-state index contributed by atoms with van der Waals surface area (Å²) in [6.07, 6.45) is 3.14. The van der Waals surface area contributed by atoms with Gasteiger partial charge in [-0.25, -0.2) is 9.97 Å². The van der Waals surface area contributed by atoms with Crippen LogP contribution >= 0.6 is 0 Å². The van der Waals surface area contributed by atoms with Gasteiger partial charge in [0.1, 0.15) is 6.33 Å². The Hall–Kier alpha value is -3.02. The van der Waals surface area contributed by atoms with Crippen LogP contribution in [-0.2, 0) is 0 Å². The average Bonchev–Trinajstić information content (AvgIpc) is 3.06. The van der Waals surface area contributed by atoms with Crippen molar-refractivity contribution in [1.29, 1.82) is 0 Å². The third kappa shape index (κ3) is 2.85. The van der Waals surface area contributed by atoms with Gasteiger partial charge in [0.05, 0.1) is 6.04 Å². The van der Waals surface area contributed by atoms with Gasteiger partial charge in [0.15, 0.2) is 11.6 Å². The zero-order chi connectivity index (χ0) is 15.4. The lowest BCUT2D eigenvalue weighted by atomic mass is 10.2. The molecule has 1 atom stereocenters. The van der Waals surface area contributed by atoms with Gasteiger partial charge in [-0.05, 0) is 31.2 Å². The molecule has 0 spiro atoms. The van der Waals surface area contributed by atoms with Gasteiger partial charge >= 0.3 is 0 Å². The molecule has 6 heteroatoms. The SMILES string of the molecule is CC(NC(=O)c1ccccc1)c1ncnn1-c1ccccn1. The van der Waals surface area contributed by atoms with E-state index < -0.39 is 0 Å². The number of benzene rings is 1. The minimum Gasteiger partial charge on any atom is -0.342 e. The molecule has 0 aliphatic rings. The van der Waals surface area contributed by atoms with E-state index in [4.69, 9.17) is 0 Å². The Balaban J connectivity index is 1.81. The Kier molecular flexibility index (Phi) is 3.91. The van der Waals surface area contributed by atoms with Crippen molar-refractivity contribution < 1.29 is 4.79 Å². The molecule has 110 valence electrons. The quantitative estimate of drug-likeness (QED) is 0.800. The molecule has 1 aromatic carbocycles. The van der Waals surface area contributed by atoms with E-state index >= 15 is 0 Å². The Morgan fingerprint density at radius 3 is 2.59 bits per heavy atom. The van der Waals surface area contributed by atoms with Crippen LogP contribution in [-0.4, -0.2) is 25.7 Å². The molecule has 6 nitrogen and oxygen atoms in total. The minimum absolute atomic E-state index is 0.149. The maximum atomic E-state index is 12.2. The lowest BCUT2D eigenvalue weighted by Crippen LogP contribution is -2.28. The van der Waals surface area contributed by atoms with Crippen molar-refractivity contribution >= 4 is 5.91 Å². The highest BCUT2D eigenvalue weighted by molar-refractivity contribution is 5.94. The minimum atomic E-state index is -0.294. The summed E-state index contributed by atoms with van der Waals surface area (Å²) in [7, 11) is 0. The highest BCUT2D eigenvalue weighted by atomic mass is 16.1. The first-order valence-electron chi connectivity index (χ1n) is 6.93. The second kappa shape index (κ2) is 6.17. The largest absolute Gasteiger partial charge is 0.342 e. The van der Waals surface area contributed by atoms with Crippen LogP contribution in [0, 0.1) is 0 Å². The summed E-state index contributed by atoms with van der Waals surface area (Å²) in [6.45, 7) is 1.87. The second-order valence-electron chi connectivity index (χ2n) is 4.78. The van der Waals surface area contributed by atoms with Crippen molar-refractivity contribution in [2.75, 3.05) is 0 Å². The Bertz CT molecular complexity index is 754. The number of aromatic nitrogens is 4. The standard InChI is InChI=1S/C16H15N5O/c1-12(20-16(22)13-7-3-2-4-8-13)15-18-11-19-21(15)14-9-5-6-10-17-14/h2-12H,1H3,(H,20,22). The molecule has 0 aliphatic carbocycles. The number of hydrogen-bond acceptors (Lipinski definition) is 4. The van der Waals surface area contributed by atoms with Crippen LogP contribution in [0.2, 0.25) is 0 Å². The van der Waals surface area contributed by atoms with Crippen LogP contribution in [0.4, 0.5) is 0 Å². The lowest BCUT2D eigenvalue weighted by Gasteiger charge is -2.14. The average molecular weight is 293 g/mol. The molecule has 3 rings (SSSR count). The van der Waals surface area contributed by atoms with E-state index in [0.29, 0.717) is 17.2 Å². The van der Waals surface area contributed by atoms with Crippen molar-refractivity contribution in [3.63, 3.8) is 0 Å². The first-order valence-corrected chi connectivity index (χ1v) is 6.93. The van der Waals surface area contributed by atoms with Crippen molar-refractivity contribution in [2.45, 2.75) is 13.0 Å². The first kappa shape index (κ1) is 13.9. The van der Waals surface area contributed by atoms with Gasteiger partial charge in [-0.1, -0.05) is 24.3 Å². The van der Waals surface area contributed by atoms with Gasteiger partial charge in [0, 0.05) is 11.8 Å². The number of amides is 1. The summed E-state index contributed by atoms with van der Waals surface area (Å²) in [6, 6.07) is 14.3. The molecular formula is C16H15N5O. The van der Waals surface area contributed by atoms with E-state index in [1.54, 1.807) is 23.0 Å². The number of nitrogens with zero attached hydrogens (tertiary/aromatic N) is 4. The fourth-order valence-electron chi connectivity index (χ4n) is 2.14. The van der Waals surface area contributed by atoms with Crippen molar-refractivity contribution in [1.82, 2.24) is 25.1 Å². The van der Waals surface area contributed by atoms with Crippen LogP contribution in [0.25, 0.3) is 5.82 Å². The van der Waals surface area contributed by atoms with E-state index in [0.717, 1.165) is 0 Å². The molecule has 1 amide bonds. The maximum absolute atomic E-state index is 12.2. The Morgan fingerprint density at radius 2 is 1.86 bits per heavy atom. The van der Waals surface area contributed by atoms with Crippen LogP contribution < -0.4 is 5.32 Å². The summed E-state index contributed by atoms with van der Waals surface area (Å²) >= 11 is 0. The molecule has 2 heterocycles. The molecule has 0 saturated carbocycles. The van der Waals surface area contributed by atoms with Gasteiger partial charge in [-0.3, -0.25) is 4.79 Å². The number of pyridine rings is 1. The highest BCUT2D eigenvalue weighted by Gasteiger charge is 2.17. The molecule has 3 aromatic rings. The zero-order valence-electron chi connectivity index (χ0n) is 12.0. The zero-order valence-corrected chi connectivity index (χ0v) is 12.0. The summed E-state index contributed by atoms with van der Waals surface area (Å²) in [4.78, 5) is 20.7. The Labute approximate surface area is 127 Å². The normalized spacial score (nSPS) is 11.9.